The lowest BCUT2D eigenvalue weighted by molar-refractivity contribution is -0.152. The predicted octanol–water partition coefficient (Wildman–Crippen LogP) is 0.310. The molecule has 0 spiro atoms. The van der Waals surface area contributed by atoms with Crippen molar-refractivity contribution in [3.63, 3.8) is 0 Å². The van der Waals surface area contributed by atoms with Crippen molar-refractivity contribution in [2.24, 2.45) is 0 Å². The van der Waals surface area contributed by atoms with E-state index >= 15 is 0 Å². The highest BCUT2D eigenvalue weighted by Gasteiger charge is 2.31. The lowest BCUT2D eigenvalue weighted by atomic mass is 10.2. The summed E-state index contributed by atoms with van der Waals surface area (Å²) in [7, 11) is -2.84. The van der Waals surface area contributed by atoms with Gasteiger partial charge in [-0.15, -0.1) is 0 Å². The van der Waals surface area contributed by atoms with Gasteiger partial charge in [0.15, 0.2) is 6.61 Å². The lowest BCUT2D eigenvalue weighted by Crippen LogP contribution is -2.49. The van der Waals surface area contributed by atoms with Crippen molar-refractivity contribution in [2.75, 3.05) is 13.7 Å². The van der Waals surface area contributed by atoms with E-state index in [2.05, 4.69) is 10.1 Å². The maximum absolute atomic E-state index is 12.3. The second-order valence-electron chi connectivity index (χ2n) is 4.70. The van der Waals surface area contributed by atoms with E-state index in [0.717, 1.165) is 6.07 Å². The zero-order chi connectivity index (χ0) is 18.5. The first-order valence-corrected chi connectivity index (χ1v) is 8.85. The zero-order valence-corrected chi connectivity index (χ0v) is 15.1. The molecule has 0 fully saturated rings. The third-order valence-electron chi connectivity index (χ3n) is 2.84. The largest absolute Gasteiger partial charge is 0.454 e. The molecule has 0 radical (unpaired) electrons. The number of aliphatic hydroxyl groups excluding tert-OH is 1. The Morgan fingerprint density at radius 2 is 1.92 bits per heavy atom. The summed E-state index contributed by atoms with van der Waals surface area (Å²) < 4.78 is 31.3. The van der Waals surface area contributed by atoms with Gasteiger partial charge in [-0.05, 0) is 25.1 Å². The van der Waals surface area contributed by atoms with Crippen molar-refractivity contribution >= 4 is 45.1 Å². The van der Waals surface area contributed by atoms with E-state index in [1.807, 2.05) is 4.72 Å². The van der Waals surface area contributed by atoms with Crippen LogP contribution in [0.25, 0.3) is 0 Å². The predicted molar refractivity (Wildman–Crippen MR) is 87.3 cm³/mol. The number of hydrogen-bond donors (Lipinski definition) is 3. The van der Waals surface area contributed by atoms with Gasteiger partial charge in [-0.2, -0.15) is 4.72 Å². The molecule has 1 aromatic rings. The summed E-state index contributed by atoms with van der Waals surface area (Å²) in [5.74, 6) is -1.68. The Bertz CT molecular complexity index is 723. The first-order chi connectivity index (χ1) is 11.1. The Morgan fingerprint density at radius 3 is 2.42 bits per heavy atom. The number of rotatable bonds is 7. The molecule has 11 heteroatoms. The highest BCUT2D eigenvalue weighted by atomic mass is 35.5. The van der Waals surface area contributed by atoms with Crippen LogP contribution in [-0.4, -0.2) is 51.2 Å². The Labute approximate surface area is 149 Å². The summed E-state index contributed by atoms with van der Waals surface area (Å²) in [6.45, 7) is 0.593. The van der Waals surface area contributed by atoms with E-state index in [9.17, 15) is 23.1 Å². The van der Waals surface area contributed by atoms with Gasteiger partial charge in [0.05, 0.1) is 21.0 Å². The minimum Gasteiger partial charge on any atom is -0.454 e. The van der Waals surface area contributed by atoms with Crippen LogP contribution >= 0.6 is 23.2 Å². The first-order valence-electron chi connectivity index (χ1n) is 6.61. The molecule has 134 valence electrons. The second kappa shape index (κ2) is 8.63. The summed E-state index contributed by atoms with van der Waals surface area (Å²) in [5, 5.41) is 12.0. The Morgan fingerprint density at radius 1 is 1.29 bits per heavy atom. The number of nitrogens with one attached hydrogen (secondary N) is 2. The van der Waals surface area contributed by atoms with Crippen LogP contribution < -0.4 is 10.0 Å². The van der Waals surface area contributed by atoms with Gasteiger partial charge >= 0.3 is 5.97 Å². The summed E-state index contributed by atoms with van der Waals surface area (Å²) in [4.78, 5) is 22.7. The van der Waals surface area contributed by atoms with Crippen LogP contribution in [0, 0.1) is 0 Å². The molecule has 1 rings (SSSR count). The van der Waals surface area contributed by atoms with Gasteiger partial charge in [-0.25, -0.2) is 8.42 Å². The number of esters is 1. The fraction of sp³-hybridized carbons (Fsp3) is 0.385. The van der Waals surface area contributed by atoms with Gasteiger partial charge in [-0.1, -0.05) is 23.2 Å². The van der Waals surface area contributed by atoms with E-state index in [-0.39, 0.29) is 14.9 Å². The van der Waals surface area contributed by atoms with Crippen LogP contribution in [0.3, 0.4) is 0 Å². The van der Waals surface area contributed by atoms with Crippen molar-refractivity contribution < 1.29 is 27.9 Å². The number of aliphatic hydroxyl groups is 1. The standard InChI is InChI=1S/C13H16Cl2N2O6S/c1-7(18)12(13(20)23-6-11(19)16-2)17-24(21,22)8-3-4-9(14)10(15)5-8/h3-5,7,12,17-18H,6H2,1-2H3,(H,16,19)/t7-,12-/m1/s1. The smallest absolute Gasteiger partial charge is 0.327 e. The molecule has 0 aliphatic heterocycles. The van der Waals surface area contributed by atoms with Crippen LogP contribution in [-0.2, 0) is 24.3 Å². The van der Waals surface area contributed by atoms with Gasteiger partial charge in [-0.3, -0.25) is 9.59 Å². The highest BCUT2D eigenvalue weighted by Crippen LogP contribution is 2.25. The van der Waals surface area contributed by atoms with E-state index in [1.165, 1.54) is 26.1 Å². The maximum Gasteiger partial charge on any atom is 0.327 e. The SMILES string of the molecule is CNC(=O)COC(=O)[C@H](NS(=O)(=O)c1ccc(Cl)c(Cl)c1)[C@@H](C)O. The molecule has 1 amide bonds. The van der Waals surface area contributed by atoms with Gasteiger partial charge < -0.3 is 15.2 Å². The van der Waals surface area contributed by atoms with Crippen LogP contribution in [0.15, 0.2) is 23.1 Å². The summed E-state index contributed by atoms with van der Waals surface area (Å²) >= 11 is 11.5. The van der Waals surface area contributed by atoms with Gasteiger partial charge in [0.2, 0.25) is 10.0 Å². The number of benzene rings is 1. The number of carbonyl (C=O) groups is 2. The van der Waals surface area contributed by atoms with Crippen molar-refractivity contribution in [2.45, 2.75) is 24.0 Å². The normalized spacial score (nSPS) is 13.9. The third kappa shape index (κ3) is 5.60. The average molecular weight is 399 g/mol. The summed E-state index contributed by atoms with van der Waals surface area (Å²) in [6, 6.07) is 1.96. The fourth-order valence-electron chi connectivity index (χ4n) is 1.52. The summed E-state index contributed by atoms with van der Waals surface area (Å²) in [6.07, 6.45) is -1.40. The molecule has 24 heavy (non-hydrogen) atoms. The molecular weight excluding hydrogens is 383 g/mol. The molecule has 8 nitrogen and oxygen atoms in total. The zero-order valence-electron chi connectivity index (χ0n) is 12.7. The molecule has 0 saturated heterocycles. The number of hydrogen-bond acceptors (Lipinski definition) is 6. The van der Waals surface area contributed by atoms with E-state index < -0.39 is 40.7 Å². The number of ether oxygens (including phenoxy) is 1. The van der Waals surface area contributed by atoms with Gasteiger partial charge in [0, 0.05) is 7.05 Å². The van der Waals surface area contributed by atoms with Crippen molar-refractivity contribution in [3.05, 3.63) is 28.2 Å². The van der Waals surface area contributed by atoms with Crippen molar-refractivity contribution in [1.82, 2.24) is 10.0 Å². The van der Waals surface area contributed by atoms with Gasteiger partial charge in [0.25, 0.3) is 5.91 Å². The van der Waals surface area contributed by atoms with E-state index in [1.54, 1.807) is 0 Å². The minimum absolute atomic E-state index is 0.00957. The Balaban J connectivity index is 2.95. The Kier molecular flexibility index (Phi) is 7.43. The topological polar surface area (TPSA) is 122 Å². The fourth-order valence-corrected chi connectivity index (χ4v) is 3.17. The molecule has 0 aliphatic carbocycles. The number of halogens is 2. The van der Waals surface area contributed by atoms with Crippen molar-refractivity contribution in [3.8, 4) is 0 Å². The van der Waals surface area contributed by atoms with Crippen LogP contribution in [0.1, 0.15) is 6.92 Å². The molecule has 0 heterocycles. The second-order valence-corrected chi connectivity index (χ2v) is 7.22. The molecule has 1 aromatic carbocycles. The monoisotopic (exact) mass is 398 g/mol. The van der Waals surface area contributed by atoms with Gasteiger partial charge in [0.1, 0.15) is 6.04 Å². The lowest BCUT2D eigenvalue weighted by Gasteiger charge is -2.20. The molecular formula is C13H16Cl2N2O6S. The van der Waals surface area contributed by atoms with E-state index in [0.29, 0.717) is 0 Å². The molecule has 0 unspecified atom stereocenters. The quantitative estimate of drug-likeness (QED) is 0.568. The third-order valence-corrected chi connectivity index (χ3v) is 5.02. The van der Waals surface area contributed by atoms with E-state index in [4.69, 9.17) is 23.2 Å². The Hall–Kier alpha value is -1.39. The molecule has 2 atom stereocenters. The molecule has 0 saturated carbocycles. The molecule has 3 N–H and O–H groups in total. The molecule has 0 bridgehead atoms. The molecule has 0 aromatic heterocycles. The first kappa shape index (κ1) is 20.7. The summed E-state index contributed by atoms with van der Waals surface area (Å²) in [5.41, 5.74) is 0. The average Bonchev–Trinajstić information content (AvgIpc) is 2.52. The van der Waals surface area contributed by atoms with Crippen LogP contribution in [0.5, 0.6) is 0 Å². The number of sulfonamides is 1. The maximum atomic E-state index is 12.3. The molecule has 0 aliphatic rings. The number of amides is 1. The van der Waals surface area contributed by atoms with Crippen molar-refractivity contribution in [1.29, 1.82) is 0 Å². The number of carbonyl (C=O) groups excluding carboxylic acids is 2. The number of likely N-dealkylation sites (N-methyl/N-ethyl adjacent to an activating group) is 1. The van der Waals surface area contributed by atoms with Crippen LogP contribution in [0.4, 0.5) is 0 Å². The highest BCUT2D eigenvalue weighted by molar-refractivity contribution is 7.89. The minimum atomic E-state index is -4.19. The van der Waals surface area contributed by atoms with Crippen LogP contribution in [0.2, 0.25) is 10.0 Å².